The summed E-state index contributed by atoms with van der Waals surface area (Å²) in [6.07, 6.45) is 8.76. The van der Waals surface area contributed by atoms with E-state index >= 15 is 0 Å². The normalized spacial score (nSPS) is 11.9. The van der Waals surface area contributed by atoms with Gasteiger partial charge >= 0.3 is 0 Å². The molecule has 16 heavy (non-hydrogen) atoms. The number of aromatic nitrogens is 2. The maximum Gasteiger partial charge on any atom is 0.0945 e. The van der Waals surface area contributed by atoms with Crippen molar-refractivity contribution in [3.63, 3.8) is 0 Å². The molecule has 1 rings (SSSR count). The van der Waals surface area contributed by atoms with Gasteiger partial charge in [0, 0.05) is 18.9 Å². The molecule has 0 unspecified atom stereocenters. The van der Waals surface area contributed by atoms with E-state index in [1.165, 1.54) is 0 Å². The maximum atomic E-state index is 9.50. The van der Waals surface area contributed by atoms with Crippen LogP contribution in [0.2, 0.25) is 0 Å². The Bertz CT molecular complexity index is 264. The fraction of sp³-hybridized carbons (Fsp3) is 0.750. The van der Waals surface area contributed by atoms with Crippen LogP contribution in [0.5, 0.6) is 0 Å². The highest BCUT2D eigenvalue weighted by Gasteiger charge is 2.10. The predicted molar refractivity (Wildman–Crippen MR) is 65.2 cm³/mol. The molecule has 0 bridgehead atoms. The van der Waals surface area contributed by atoms with Crippen LogP contribution in [0.4, 0.5) is 0 Å². The molecule has 1 aromatic heterocycles. The average molecular weight is 225 g/mol. The van der Waals surface area contributed by atoms with Gasteiger partial charge in [-0.3, -0.25) is 0 Å². The molecular formula is C12H23N3O. The third-order valence-corrected chi connectivity index (χ3v) is 2.49. The Morgan fingerprint density at radius 3 is 2.75 bits per heavy atom. The van der Waals surface area contributed by atoms with Gasteiger partial charge in [0.05, 0.1) is 11.9 Å². The largest absolute Gasteiger partial charge is 0.390 e. The first-order valence-corrected chi connectivity index (χ1v) is 5.97. The van der Waals surface area contributed by atoms with E-state index < -0.39 is 5.60 Å². The first-order chi connectivity index (χ1) is 7.58. The number of rotatable bonds is 8. The summed E-state index contributed by atoms with van der Waals surface area (Å²) < 4.78 is 2.09. The molecule has 0 spiro atoms. The molecular weight excluding hydrogens is 202 g/mol. The quantitative estimate of drug-likeness (QED) is 0.658. The fourth-order valence-corrected chi connectivity index (χ4v) is 1.48. The molecule has 0 saturated heterocycles. The van der Waals surface area contributed by atoms with Gasteiger partial charge < -0.3 is 15.0 Å². The number of aryl methyl sites for hydroxylation is 1. The lowest BCUT2D eigenvalue weighted by Crippen LogP contribution is -2.27. The molecule has 1 aromatic rings. The van der Waals surface area contributed by atoms with Crippen molar-refractivity contribution in [2.24, 2.45) is 0 Å². The predicted octanol–water partition coefficient (Wildman–Crippen LogP) is 1.41. The van der Waals surface area contributed by atoms with Crippen LogP contribution in [0.1, 0.15) is 33.1 Å². The molecule has 4 heteroatoms. The van der Waals surface area contributed by atoms with E-state index in [2.05, 4.69) is 14.9 Å². The smallest absolute Gasteiger partial charge is 0.0945 e. The summed E-state index contributed by atoms with van der Waals surface area (Å²) in [5.41, 5.74) is -0.552. The molecule has 0 radical (unpaired) electrons. The van der Waals surface area contributed by atoms with Crippen molar-refractivity contribution in [3.8, 4) is 0 Å². The molecule has 0 fully saturated rings. The summed E-state index contributed by atoms with van der Waals surface area (Å²) in [5, 5.41) is 12.8. The van der Waals surface area contributed by atoms with Crippen molar-refractivity contribution in [1.82, 2.24) is 14.9 Å². The Kier molecular flexibility index (Phi) is 5.49. The average Bonchev–Trinajstić information content (AvgIpc) is 2.67. The van der Waals surface area contributed by atoms with Gasteiger partial charge in [-0.2, -0.15) is 0 Å². The van der Waals surface area contributed by atoms with Crippen LogP contribution in [0.25, 0.3) is 0 Å². The van der Waals surface area contributed by atoms with Crippen LogP contribution >= 0.6 is 0 Å². The topological polar surface area (TPSA) is 50.1 Å². The molecule has 2 N–H and O–H groups in total. The van der Waals surface area contributed by atoms with Crippen molar-refractivity contribution >= 4 is 0 Å². The molecule has 0 aliphatic rings. The van der Waals surface area contributed by atoms with Crippen molar-refractivity contribution < 1.29 is 5.11 Å². The third-order valence-electron chi connectivity index (χ3n) is 2.49. The number of hydrogen-bond donors (Lipinski definition) is 2. The highest BCUT2D eigenvalue weighted by molar-refractivity contribution is 4.73. The summed E-state index contributed by atoms with van der Waals surface area (Å²) >= 11 is 0. The Morgan fingerprint density at radius 2 is 2.12 bits per heavy atom. The Morgan fingerprint density at radius 1 is 1.31 bits per heavy atom. The van der Waals surface area contributed by atoms with Crippen LogP contribution in [0.3, 0.4) is 0 Å². The number of imidazole rings is 1. The van der Waals surface area contributed by atoms with E-state index in [-0.39, 0.29) is 0 Å². The summed E-state index contributed by atoms with van der Waals surface area (Å²) in [4.78, 5) is 4.00. The van der Waals surface area contributed by atoms with E-state index in [9.17, 15) is 5.11 Å². The number of nitrogens with zero attached hydrogens (tertiary/aromatic N) is 2. The minimum absolute atomic E-state index is 0.552. The summed E-state index contributed by atoms with van der Waals surface area (Å²) in [6.45, 7) is 6.62. The van der Waals surface area contributed by atoms with Crippen molar-refractivity contribution in [1.29, 1.82) is 0 Å². The van der Waals surface area contributed by atoms with Crippen LogP contribution in [0, 0.1) is 0 Å². The van der Waals surface area contributed by atoms with E-state index in [1.54, 1.807) is 0 Å². The Hall–Kier alpha value is -0.870. The van der Waals surface area contributed by atoms with E-state index in [0.29, 0.717) is 0 Å². The zero-order chi connectivity index (χ0) is 11.9. The minimum Gasteiger partial charge on any atom is -0.390 e. The van der Waals surface area contributed by atoms with Crippen molar-refractivity contribution in [2.75, 3.05) is 13.1 Å². The van der Waals surface area contributed by atoms with Crippen molar-refractivity contribution in [2.45, 2.75) is 45.3 Å². The molecule has 0 aliphatic carbocycles. The first-order valence-electron chi connectivity index (χ1n) is 5.97. The van der Waals surface area contributed by atoms with Crippen molar-refractivity contribution in [3.05, 3.63) is 18.7 Å². The molecule has 0 aliphatic heterocycles. The second kappa shape index (κ2) is 6.66. The fourth-order valence-electron chi connectivity index (χ4n) is 1.48. The van der Waals surface area contributed by atoms with Gasteiger partial charge in [0.25, 0.3) is 0 Å². The van der Waals surface area contributed by atoms with Gasteiger partial charge in [0.1, 0.15) is 0 Å². The summed E-state index contributed by atoms with van der Waals surface area (Å²) in [5.74, 6) is 0. The monoisotopic (exact) mass is 225 g/mol. The lowest BCUT2D eigenvalue weighted by atomic mass is 10.1. The highest BCUT2D eigenvalue weighted by Crippen LogP contribution is 2.04. The Labute approximate surface area is 97.7 Å². The van der Waals surface area contributed by atoms with Gasteiger partial charge in [0.15, 0.2) is 0 Å². The first kappa shape index (κ1) is 13.2. The minimum atomic E-state index is -0.552. The molecule has 0 amide bonds. The second-order valence-electron chi connectivity index (χ2n) is 4.82. The lowest BCUT2D eigenvalue weighted by Gasteiger charge is -2.16. The zero-order valence-corrected chi connectivity index (χ0v) is 10.3. The van der Waals surface area contributed by atoms with E-state index in [0.717, 1.165) is 38.9 Å². The van der Waals surface area contributed by atoms with Gasteiger partial charge in [-0.25, -0.2) is 4.98 Å². The molecule has 0 aromatic carbocycles. The van der Waals surface area contributed by atoms with Crippen LogP contribution in [-0.2, 0) is 6.54 Å². The molecule has 4 nitrogen and oxygen atoms in total. The van der Waals surface area contributed by atoms with Gasteiger partial charge in [0.2, 0.25) is 0 Å². The standard InChI is InChI=1S/C12H23N3O/c1-12(2,16)5-7-13-6-3-4-9-15-10-8-14-11-15/h8,10-11,13,16H,3-7,9H2,1-2H3. The number of aliphatic hydroxyl groups is 1. The summed E-state index contributed by atoms with van der Waals surface area (Å²) in [6, 6.07) is 0. The lowest BCUT2D eigenvalue weighted by molar-refractivity contribution is 0.0712. The Balaban J connectivity index is 1.89. The number of hydrogen-bond acceptors (Lipinski definition) is 3. The van der Waals surface area contributed by atoms with Gasteiger partial charge in [-0.05, 0) is 46.2 Å². The molecule has 1 heterocycles. The second-order valence-corrected chi connectivity index (χ2v) is 4.82. The SMILES string of the molecule is CC(C)(O)CCNCCCCn1ccnc1. The molecule has 92 valence electrons. The number of unbranched alkanes of at least 4 members (excludes halogenated alkanes) is 1. The van der Waals surface area contributed by atoms with Gasteiger partial charge in [-0.15, -0.1) is 0 Å². The molecule has 0 saturated carbocycles. The highest BCUT2D eigenvalue weighted by atomic mass is 16.3. The van der Waals surface area contributed by atoms with Gasteiger partial charge in [-0.1, -0.05) is 0 Å². The molecule has 0 atom stereocenters. The number of nitrogens with one attached hydrogen (secondary N) is 1. The third kappa shape index (κ3) is 6.58. The zero-order valence-electron chi connectivity index (χ0n) is 10.3. The summed E-state index contributed by atoms with van der Waals surface area (Å²) in [7, 11) is 0. The van der Waals surface area contributed by atoms with E-state index in [4.69, 9.17) is 0 Å². The van der Waals surface area contributed by atoms with Crippen LogP contribution in [-0.4, -0.2) is 33.3 Å². The van der Waals surface area contributed by atoms with Crippen LogP contribution < -0.4 is 5.32 Å². The van der Waals surface area contributed by atoms with Crippen LogP contribution in [0.15, 0.2) is 18.7 Å². The van der Waals surface area contributed by atoms with E-state index in [1.807, 2.05) is 32.6 Å². The maximum absolute atomic E-state index is 9.50.